The number of hydrogen-bond donors (Lipinski definition) is 6. The summed E-state index contributed by atoms with van der Waals surface area (Å²) in [5.74, 6) is -0.0117. The van der Waals surface area contributed by atoms with Gasteiger partial charge in [-0.05, 0) is 115 Å². The lowest BCUT2D eigenvalue weighted by Gasteiger charge is -2.63. The Kier molecular flexibility index (Phi) is 13.8. The number of H-pyrrole nitrogens is 1. The third-order valence-electron chi connectivity index (χ3n) is 21.4. The first kappa shape index (κ1) is 57.0. The molecule has 2 aliphatic carbocycles. The van der Waals surface area contributed by atoms with Gasteiger partial charge in [-0.3, -0.25) is 24.2 Å². The van der Waals surface area contributed by atoms with Crippen molar-refractivity contribution in [2.24, 2.45) is 28.9 Å². The number of nitrogens with zero attached hydrogens (tertiary/aromatic N) is 3. The molecule has 9 aliphatic rings. The topological polar surface area (TPSA) is 257 Å². The maximum atomic E-state index is 15.2. The van der Waals surface area contributed by atoms with Crippen LogP contribution in [0.5, 0.6) is 34.5 Å². The van der Waals surface area contributed by atoms with Crippen molar-refractivity contribution < 1.29 is 72.7 Å². The molecule has 452 valence electrons. The molecule has 7 N–H and O–H groups in total. The monoisotopic (exact) mass is 1170 g/mol. The molecule has 4 fully saturated rings. The summed E-state index contributed by atoms with van der Waals surface area (Å²) >= 11 is 0. The van der Waals surface area contributed by atoms with E-state index in [2.05, 4.69) is 26.9 Å². The van der Waals surface area contributed by atoms with Crippen molar-refractivity contribution in [3.05, 3.63) is 112 Å². The smallest absolute Gasteiger partial charge is 0.322 e. The maximum Gasteiger partial charge on any atom is 0.322 e. The Labute approximate surface area is 493 Å². The van der Waals surface area contributed by atoms with Crippen LogP contribution in [0.2, 0.25) is 0 Å². The molecule has 20 nitrogen and oxygen atoms in total. The number of likely N-dealkylation sites (N-methyl/N-ethyl adjacent to an activating group) is 1. The number of primary amides is 1. The first-order chi connectivity index (χ1) is 40.9. The Morgan fingerprint density at radius 2 is 1.55 bits per heavy atom. The summed E-state index contributed by atoms with van der Waals surface area (Å²) < 4.78 is 45.1. The van der Waals surface area contributed by atoms with E-state index in [1.807, 2.05) is 80.4 Å². The number of fused-ring (bicyclic) bond motifs is 9. The Morgan fingerprint density at radius 1 is 0.835 bits per heavy atom. The zero-order valence-electron chi connectivity index (χ0n) is 49.4. The molecule has 7 aliphatic heterocycles. The quantitative estimate of drug-likeness (QED) is 0.0782. The predicted octanol–water partition coefficient (Wildman–Crippen LogP) is 5.14. The first-order valence-electron chi connectivity index (χ1n) is 29.7. The number of cyclic esters (lactones) is 1. The van der Waals surface area contributed by atoms with Gasteiger partial charge in [-0.15, -0.1) is 0 Å². The van der Waals surface area contributed by atoms with Crippen LogP contribution in [0.1, 0.15) is 97.0 Å². The highest BCUT2D eigenvalue weighted by atomic mass is 16.7. The number of ether oxygens (including phenoxy) is 8. The predicted molar refractivity (Wildman–Crippen MR) is 311 cm³/mol. The van der Waals surface area contributed by atoms with Crippen LogP contribution in [0, 0.1) is 23.2 Å². The fourth-order valence-corrected chi connectivity index (χ4v) is 17.9. The largest absolute Gasteiger partial charge is 0.496 e. The van der Waals surface area contributed by atoms with Gasteiger partial charge in [0.05, 0.1) is 65.8 Å². The van der Waals surface area contributed by atoms with Crippen molar-refractivity contribution in [3.8, 4) is 34.5 Å². The number of methoxy groups -OCH3 is 5. The number of nitrogens with two attached hydrogens (primary N) is 1. The zero-order valence-corrected chi connectivity index (χ0v) is 49.4. The molecule has 14 rings (SSSR count). The van der Waals surface area contributed by atoms with Crippen LogP contribution in [0.3, 0.4) is 0 Å². The van der Waals surface area contributed by atoms with Gasteiger partial charge in [-0.1, -0.05) is 44.2 Å². The van der Waals surface area contributed by atoms with E-state index >= 15 is 4.79 Å². The number of carbonyl (C=O) groups excluding carboxylic acids is 3. The number of anilines is 1. The Hall–Kier alpha value is -7.07. The van der Waals surface area contributed by atoms with Crippen molar-refractivity contribution in [2.45, 2.75) is 105 Å². The summed E-state index contributed by atoms with van der Waals surface area (Å²) in [4.78, 5) is 52.0. The summed E-state index contributed by atoms with van der Waals surface area (Å²) in [6, 6.07) is 18.3. The van der Waals surface area contributed by atoms with Crippen LogP contribution in [-0.4, -0.2) is 171 Å². The van der Waals surface area contributed by atoms with Crippen LogP contribution in [-0.2, 0) is 41.1 Å². The van der Waals surface area contributed by atoms with Crippen molar-refractivity contribution in [2.75, 3.05) is 93.6 Å². The molecule has 85 heavy (non-hydrogen) atoms. The number of benzene rings is 4. The molecule has 8 heterocycles. The lowest BCUT2D eigenvalue weighted by atomic mass is 9.47. The Bertz CT molecular complexity index is 3550. The summed E-state index contributed by atoms with van der Waals surface area (Å²) in [7, 11) is 9.52. The average Bonchev–Trinajstić information content (AvgIpc) is 1.53. The first-order valence-corrected chi connectivity index (χ1v) is 29.7. The van der Waals surface area contributed by atoms with Gasteiger partial charge in [-0.2, -0.15) is 0 Å². The second-order valence-corrected chi connectivity index (χ2v) is 25.0. The number of carbonyl (C=O) groups is 3. The number of nitrogens with one attached hydrogen (secondary N) is 1. The van der Waals surface area contributed by atoms with E-state index < -0.39 is 63.5 Å². The van der Waals surface area contributed by atoms with Crippen molar-refractivity contribution in [3.63, 3.8) is 0 Å². The van der Waals surface area contributed by atoms with Gasteiger partial charge >= 0.3 is 11.9 Å². The molecule has 1 aromatic heterocycles. The summed E-state index contributed by atoms with van der Waals surface area (Å²) in [6.45, 7) is 7.68. The van der Waals surface area contributed by atoms with Gasteiger partial charge in [0, 0.05) is 95.8 Å². The van der Waals surface area contributed by atoms with E-state index in [0.717, 1.165) is 57.6 Å². The molecule has 5 aromatic rings. The van der Waals surface area contributed by atoms with Crippen LogP contribution in [0.25, 0.3) is 10.9 Å². The van der Waals surface area contributed by atoms with Crippen LogP contribution < -0.4 is 39.1 Å². The molecule has 2 bridgehead atoms. The van der Waals surface area contributed by atoms with E-state index in [4.69, 9.17) is 43.6 Å². The molecule has 4 aromatic carbocycles. The number of amides is 1. The number of hydrogen-bond acceptors (Lipinski definition) is 18. The number of rotatable bonds is 10. The highest BCUT2D eigenvalue weighted by molar-refractivity contribution is 5.95. The van der Waals surface area contributed by atoms with Gasteiger partial charge in [0.2, 0.25) is 12.5 Å². The fourth-order valence-electron chi connectivity index (χ4n) is 17.9. The highest BCUT2D eigenvalue weighted by Crippen LogP contribution is 2.68. The van der Waals surface area contributed by atoms with Crippen molar-refractivity contribution >= 4 is 34.4 Å². The van der Waals surface area contributed by atoms with Gasteiger partial charge in [0.15, 0.2) is 28.6 Å². The zero-order chi connectivity index (χ0) is 59.9. The molecule has 0 radical (unpaired) electrons. The molecule has 14 atom stereocenters. The van der Waals surface area contributed by atoms with E-state index in [1.54, 1.807) is 27.4 Å². The second kappa shape index (κ2) is 20.5. The summed E-state index contributed by atoms with van der Waals surface area (Å²) in [5.41, 5.74) is 7.02. The molecule has 1 spiro atoms. The number of esters is 2. The number of piperidine rings is 1. The highest BCUT2D eigenvalue weighted by Gasteiger charge is 2.78. The summed E-state index contributed by atoms with van der Waals surface area (Å²) in [5, 5.41) is 49.0. The minimum absolute atomic E-state index is 0.0790. The van der Waals surface area contributed by atoms with Crippen molar-refractivity contribution in [1.29, 1.82) is 0 Å². The number of aliphatic hydroxyl groups excluding tert-OH is 2. The van der Waals surface area contributed by atoms with Crippen LogP contribution in [0.15, 0.2) is 72.8 Å². The molecular formula is C65H77N5O15. The number of aliphatic hydroxyl groups is 4. The van der Waals surface area contributed by atoms with Gasteiger partial charge in [0.1, 0.15) is 17.3 Å². The molecule has 1 saturated carbocycles. The second-order valence-electron chi connectivity index (χ2n) is 25.0. The van der Waals surface area contributed by atoms with Crippen LogP contribution in [0.4, 0.5) is 5.69 Å². The number of para-hydroxylation sites is 1. The van der Waals surface area contributed by atoms with Crippen molar-refractivity contribution in [1.82, 2.24) is 14.8 Å². The minimum atomic E-state index is -2.30. The average molecular weight is 1170 g/mol. The standard InChI is InChI=1S/C43H55N5O7.C22H22O8/c1-6-39(52)21-25-22-42(38(51)55-5,33-27(13-17-47(23-25)24-39)26-11-8-9-12-30(26)45-33)29-19-28-31(20-32(29)54-4)46(3)35-41(28)15-18-48-16-10-14-40(7-2,34(41)48)36(49)43(35,53)37(44)50;1-25-16-4-10(5-17(26-2)21(16)27-3)18-11-6-14-15(30-9-29-14)7-12(11)20(23)13-8-28-22(24)19(13)18/h8-12,14,19-20,25,34-36,45,49,52-53H,6-7,13,15-18,21-24H2,1-5H3,(H2,44,50);4-7,13,18-20,23H,8-9H2,1-3H3/t25-,34+,35-,36-,39+,40-,41-,42+,43+;13-,18+,19-,20-/m10/s1. The number of aromatic amines is 1. The van der Waals surface area contributed by atoms with E-state index in [1.165, 1.54) is 14.2 Å². The number of aromatic nitrogens is 1. The van der Waals surface area contributed by atoms with Gasteiger partial charge < -0.3 is 73.9 Å². The van der Waals surface area contributed by atoms with Gasteiger partial charge in [-0.25, -0.2) is 0 Å². The lowest BCUT2D eigenvalue weighted by molar-refractivity contribution is -0.201. The van der Waals surface area contributed by atoms with Gasteiger partial charge in [0.25, 0.3) is 5.91 Å². The lowest BCUT2D eigenvalue weighted by Crippen LogP contribution is -2.81. The van der Waals surface area contributed by atoms with E-state index in [9.17, 15) is 30.0 Å². The van der Waals surface area contributed by atoms with E-state index in [0.29, 0.717) is 104 Å². The third-order valence-corrected chi connectivity index (χ3v) is 21.4. The SMILES string of the molecule is CC[C@]1(O)C[C@H]2CN(CCc3c([nH]c4ccccc34)[C@@](C(=O)OC)(c3cc4c(cc3OC)N(C)[C@H]3[C@@](O)(C(N)=O)[C@H](O)[C@]5(CC)C=CCN6CC[C@]43[C@@H]65)C2)C1.COc1cc([C@@H]2c3cc4c(cc3[C@H](O)[C@H]3COC(=O)[C@H]23)OCO4)cc(OC)c1OC. The summed E-state index contributed by atoms with van der Waals surface area (Å²) in [6.07, 6.45) is 4.94. The Balaban J connectivity index is 0.000000188. The third kappa shape index (κ3) is 7.89. The molecule has 1 unspecified atom stereocenters. The molecule has 20 heteroatoms. The maximum absolute atomic E-state index is 15.2. The molecule has 3 saturated heterocycles. The minimum Gasteiger partial charge on any atom is -0.496 e. The Morgan fingerprint density at radius 3 is 2.22 bits per heavy atom. The van der Waals surface area contributed by atoms with Crippen LogP contribution >= 0.6 is 0 Å². The van der Waals surface area contributed by atoms with E-state index in [-0.39, 0.29) is 43.2 Å². The fraction of sp³-hybridized carbons (Fsp3) is 0.523. The molecular weight excluding hydrogens is 1090 g/mol. The molecule has 1 amide bonds. The normalized spacial score (nSPS) is 34.4.